The van der Waals surface area contributed by atoms with Crippen LogP contribution in [0.2, 0.25) is 0 Å². The van der Waals surface area contributed by atoms with E-state index in [0.717, 1.165) is 10.6 Å². The van der Waals surface area contributed by atoms with E-state index in [-0.39, 0.29) is 18.6 Å². The molecule has 0 unspecified atom stereocenters. The second-order valence-electron chi connectivity index (χ2n) is 6.04. The minimum atomic E-state index is -0.460. The molecule has 0 spiro atoms. The molecule has 2 rings (SSSR count). The van der Waals surface area contributed by atoms with Crippen LogP contribution in [0.15, 0.2) is 29.6 Å². The Morgan fingerprint density at radius 3 is 2.42 bits per heavy atom. The van der Waals surface area contributed by atoms with Crippen LogP contribution in [0.1, 0.15) is 49.7 Å². The zero-order valence-corrected chi connectivity index (χ0v) is 15.1. The van der Waals surface area contributed by atoms with Crippen LogP contribution in [0.4, 0.5) is 0 Å². The van der Waals surface area contributed by atoms with Gasteiger partial charge in [-0.25, -0.2) is 4.98 Å². The Morgan fingerprint density at radius 2 is 1.83 bits per heavy atom. The largest absolute Gasteiger partial charge is 0.462 e. The molecular weight excluding hydrogens is 324 g/mol. The van der Waals surface area contributed by atoms with E-state index in [1.54, 1.807) is 19.2 Å². The number of benzene rings is 1. The van der Waals surface area contributed by atoms with Crippen molar-refractivity contribution in [3.8, 4) is 10.6 Å². The van der Waals surface area contributed by atoms with E-state index >= 15 is 0 Å². The van der Waals surface area contributed by atoms with Crippen molar-refractivity contribution >= 4 is 23.2 Å². The summed E-state index contributed by atoms with van der Waals surface area (Å²) in [6.45, 7) is 7.65. The first-order chi connectivity index (χ1) is 11.4. The molecule has 0 aliphatic heterocycles. The van der Waals surface area contributed by atoms with Crippen LogP contribution < -0.4 is 5.32 Å². The summed E-state index contributed by atoms with van der Waals surface area (Å²) in [4.78, 5) is 27.8. The number of aromatic nitrogens is 1. The summed E-state index contributed by atoms with van der Waals surface area (Å²) < 4.78 is 4.97. The van der Waals surface area contributed by atoms with Crippen LogP contribution in [0.5, 0.6) is 0 Å². The average molecular weight is 346 g/mol. The highest BCUT2D eigenvalue weighted by Gasteiger charge is 2.14. The fourth-order valence-electron chi connectivity index (χ4n) is 2.07. The highest BCUT2D eigenvalue weighted by atomic mass is 32.1. The normalized spacial score (nSPS) is 10.9. The minimum absolute atomic E-state index is 0.160. The fourth-order valence-corrected chi connectivity index (χ4v) is 2.88. The molecule has 1 aromatic carbocycles. The van der Waals surface area contributed by atoms with Crippen molar-refractivity contribution in [2.75, 3.05) is 6.54 Å². The van der Waals surface area contributed by atoms with Crippen molar-refractivity contribution in [1.29, 1.82) is 0 Å². The zero-order chi connectivity index (χ0) is 17.7. The molecule has 0 aliphatic rings. The van der Waals surface area contributed by atoms with Gasteiger partial charge in [-0.05, 0) is 25.3 Å². The van der Waals surface area contributed by atoms with Gasteiger partial charge < -0.3 is 10.1 Å². The number of ether oxygens (including phenoxy) is 1. The molecular formula is C18H22N2O3S. The lowest BCUT2D eigenvalue weighted by molar-refractivity contribution is -0.146. The third-order valence-corrected chi connectivity index (χ3v) is 4.21. The van der Waals surface area contributed by atoms with Gasteiger partial charge >= 0.3 is 5.97 Å². The maximum absolute atomic E-state index is 12.0. The van der Waals surface area contributed by atoms with E-state index in [1.165, 1.54) is 16.9 Å². The topological polar surface area (TPSA) is 68.3 Å². The Morgan fingerprint density at radius 1 is 1.17 bits per heavy atom. The molecule has 0 saturated carbocycles. The first-order valence-electron chi connectivity index (χ1n) is 7.90. The van der Waals surface area contributed by atoms with Crippen molar-refractivity contribution < 1.29 is 14.3 Å². The smallest absolute Gasteiger partial charge is 0.325 e. The fraction of sp³-hybridized carbons (Fsp3) is 0.389. The number of esters is 1. The lowest BCUT2D eigenvalue weighted by atomic mass is 10.0. The van der Waals surface area contributed by atoms with Crippen molar-refractivity contribution in [2.45, 2.75) is 39.7 Å². The van der Waals surface area contributed by atoms with E-state index in [1.807, 2.05) is 12.1 Å². The van der Waals surface area contributed by atoms with Gasteiger partial charge in [-0.3, -0.25) is 9.59 Å². The standard InChI is InChI=1S/C18H22N2O3S/c1-11(2)13-5-7-14(8-6-13)18-20-15(10-24-18)17(22)19-9-16(21)23-12(3)4/h5-8,10-12H,9H2,1-4H3,(H,19,22). The van der Waals surface area contributed by atoms with Crippen LogP contribution in [0, 0.1) is 0 Å². The summed E-state index contributed by atoms with van der Waals surface area (Å²) in [5.41, 5.74) is 2.54. The van der Waals surface area contributed by atoms with Crippen molar-refractivity contribution in [2.24, 2.45) is 0 Å². The minimum Gasteiger partial charge on any atom is -0.462 e. The molecule has 0 saturated heterocycles. The Kier molecular flexibility index (Phi) is 6.09. The van der Waals surface area contributed by atoms with Crippen molar-refractivity contribution in [3.05, 3.63) is 40.9 Å². The van der Waals surface area contributed by atoms with Gasteiger partial charge in [0.25, 0.3) is 5.91 Å². The average Bonchev–Trinajstić information content (AvgIpc) is 3.02. The number of carbonyl (C=O) groups is 2. The SMILES string of the molecule is CC(C)OC(=O)CNC(=O)c1csc(-c2ccc(C(C)C)cc2)n1. The van der Waals surface area contributed by atoms with Crippen molar-refractivity contribution in [3.63, 3.8) is 0 Å². The third-order valence-electron chi connectivity index (χ3n) is 3.32. The number of carbonyl (C=O) groups excluding carboxylic acids is 2. The molecule has 0 bridgehead atoms. The van der Waals surface area contributed by atoms with E-state index in [9.17, 15) is 9.59 Å². The predicted octanol–water partition coefficient (Wildman–Crippen LogP) is 3.61. The van der Waals surface area contributed by atoms with Crippen LogP contribution in [-0.4, -0.2) is 29.5 Å². The molecule has 0 radical (unpaired) electrons. The van der Waals surface area contributed by atoms with Gasteiger partial charge in [0, 0.05) is 10.9 Å². The monoisotopic (exact) mass is 346 g/mol. The van der Waals surface area contributed by atoms with Crippen LogP contribution in [-0.2, 0) is 9.53 Å². The highest BCUT2D eigenvalue weighted by molar-refractivity contribution is 7.13. The quantitative estimate of drug-likeness (QED) is 0.811. The Hall–Kier alpha value is -2.21. The number of amides is 1. The second-order valence-corrected chi connectivity index (χ2v) is 6.89. The van der Waals surface area contributed by atoms with Crippen molar-refractivity contribution in [1.82, 2.24) is 10.3 Å². The molecule has 2 aromatic rings. The number of hydrogen-bond acceptors (Lipinski definition) is 5. The summed E-state index contributed by atoms with van der Waals surface area (Å²) in [6.07, 6.45) is -0.200. The summed E-state index contributed by atoms with van der Waals surface area (Å²) in [7, 11) is 0. The van der Waals surface area contributed by atoms with Gasteiger partial charge in [0.15, 0.2) is 0 Å². The maximum Gasteiger partial charge on any atom is 0.325 e. The molecule has 1 amide bonds. The van der Waals surface area contributed by atoms with Crippen LogP contribution >= 0.6 is 11.3 Å². The lowest BCUT2D eigenvalue weighted by Gasteiger charge is -2.08. The zero-order valence-electron chi connectivity index (χ0n) is 14.3. The van der Waals surface area contributed by atoms with E-state index in [4.69, 9.17) is 4.74 Å². The molecule has 24 heavy (non-hydrogen) atoms. The number of thiazole rings is 1. The first-order valence-corrected chi connectivity index (χ1v) is 8.78. The summed E-state index contributed by atoms with van der Waals surface area (Å²) in [6, 6.07) is 8.16. The van der Waals surface area contributed by atoms with Gasteiger partial charge in [-0.1, -0.05) is 38.1 Å². The molecule has 0 aliphatic carbocycles. The molecule has 0 fully saturated rings. The van der Waals surface area contributed by atoms with Gasteiger partial charge in [0.05, 0.1) is 6.10 Å². The third kappa shape index (κ3) is 4.89. The van der Waals surface area contributed by atoms with E-state index in [0.29, 0.717) is 11.6 Å². The number of rotatable bonds is 6. The van der Waals surface area contributed by atoms with Crippen LogP contribution in [0.25, 0.3) is 10.6 Å². The number of hydrogen-bond donors (Lipinski definition) is 1. The molecule has 1 heterocycles. The molecule has 6 heteroatoms. The molecule has 5 nitrogen and oxygen atoms in total. The highest BCUT2D eigenvalue weighted by Crippen LogP contribution is 2.25. The molecule has 1 aromatic heterocycles. The van der Waals surface area contributed by atoms with Gasteiger partial charge in [0.2, 0.25) is 0 Å². The first kappa shape index (κ1) is 18.1. The maximum atomic E-state index is 12.0. The Balaban J connectivity index is 1.99. The summed E-state index contributed by atoms with van der Waals surface area (Å²) in [5.74, 6) is -0.364. The molecule has 0 atom stereocenters. The lowest BCUT2D eigenvalue weighted by Crippen LogP contribution is -2.31. The Labute approximate surface area is 146 Å². The van der Waals surface area contributed by atoms with Gasteiger partial charge in [0.1, 0.15) is 17.2 Å². The number of nitrogens with one attached hydrogen (secondary N) is 1. The predicted molar refractivity (Wildman–Crippen MR) is 95.2 cm³/mol. The molecule has 128 valence electrons. The van der Waals surface area contributed by atoms with Crippen LogP contribution in [0.3, 0.4) is 0 Å². The van der Waals surface area contributed by atoms with Gasteiger partial charge in [-0.2, -0.15) is 0 Å². The Bertz CT molecular complexity index is 705. The van der Waals surface area contributed by atoms with E-state index in [2.05, 4.69) is 36.3 Å². The number of nitrogens with zero attached hydrogens (tertiary/aromatic N) is 1. The van der Waals surface area contributed by atoms with Gasteiger partial charge in [-0.15, -0.1) is 11.3 Å². The summed E-state index contributed by atoms with van der Waals surface area (Å²) >= 11 is 1.40. The second kappa shape index (κ2) is 8.06. The summed E-state index contributed by atoms with van der Waals surface area (Å²) in [5, 5.41) is 4.99. The van der Waals surface area contributed by atoms with E-state index < -0.39 is 5.97 Å². The molecule has 1 N–H and O–H groups in total.